The Labute approximate surface area is 179 Å². The fraction of sp³-hybridized carbons (Fsp3) is 0.167. The van der Waals surface area contributed by atoms with Gasteiger partial charge < -0.3 is 14.7 Å². The molecule has 4 rings (SSSR count). The molecule has 7 heteroatoms. The molecule has 0 saturated carbocycles. The molecule has 0 radical (unpaired) electrons. The second kappa shape index (κ2) is 8.39. The number of methoxy groups -OCH3 is 1. The first-order valence-electron chi connectivity index (χ1n) is 9.73. The molecule has 7 nitrogen and oxygen atoms in total. The molecule has 1 amide bonds. The number of rotatable bonds is 5. The van der Waals surface area contributed by atoms with Crippen LogP contribution in [0, 0.1) is 6.92 Å². The fourth-order valence-electron chi connectivity index (χ4n) is 3.78. The summed E-state index contributed by atoms with van der Waals surface area (Å²) in [6.07, 6.45) is 6.47. The number of likely N-dealkylation sites (tertiary alicyclic amines) is 1. The monoisotopic (exact) mass is 415 g/mol. The molecular weight excluding hydrogens is 394 g/mol. The highest BCUT2D eigenvalue weighted by molar-refractivity contribution is 6.46. The molecule has 1 saturated heterocycles. The lowest BCUT2D eigenvalue weighted by atomic mass is 9.95. The van der Waals surface area contributed by atoms with Crippen molar-refractivity contribution in [2.75, 3.05) is 7.11 Å². The molecule has 0 aliphatic carbocycles. The number of aromatic nitrogens is 2. The number of aryl methyl sites for hydroxylation is 1. The minimum Gasteiger partial charge on any atom is -0.507 e. The third-order valence-electron chi connectivity index (χ3n) is 5.25. The lowest BCUT2D eigenvalue weighted by Gasteiger charge is -2.25. The Morgan fingerprint density at radius 2 is 1.87 bits per heavy atom. The summed E-state index contributed by atoms with van der Waals surface area (Å²) in [5, 5.41) is 11.2. The Balaban J connectivity index is 1.90. The quantitative estimate of drug-likeness (QED) is 0.390. The van der Waals surface area contributed by atoms with Gasteiger partial charge in [0, 0.05) is 31.3 Å². The van der Waals surface area contributed by atoms with Gasteiger partial charge in [0.15, 0.2) is 0 Å². The molecule has 1 N–H and O–H groups in total. The van der Waals surface area contributed by atoms with Crippen LogP contribution in [0.2, 0.25) is 0 Å². The van der Waals surface area contributed by atoms with Gasteiger partial charge in [-0.15, -0.1) is 0 Å². The van der Waals surface area contributed by atoms with E-state index in [0.717, 1.165) is 11.1 Å². The zero-order valence-electron chi connectivity index (χ0n) is 17.1. The van der Waals surface area contributed by atoms with E-state index < -0.39 is 17.7 Å². The van der Waals surface area contributed by atoms with Crippen LogP contribution in [0.25, 0.3) is 5.76 Å². The number of nitrogens with zero attached hydrogens (tertiary/aromatic N) is 3. The van der Waals surface area contributed by atoms with Crippen LogP contribution in [-0.2, 0) is 16.1 Å². The van der Waals surface area contributed by atoms with Crippen molar-refractivity contribution in [2.24, 2.45) is 0 Å². The van der Waals surface area contributed by atoms with Crippen molar-refractivity contribution < 1.29 is 19.4 Å². The van der Waals surface area contributed by atoms with E-state index in [1.54, 1.807) is 55.1 Å². The average Bonchev–Trinajstić information content (AvgIpc) is 3.04. The smallest absolute Gasteiger partial charge is 0.295 e. The fourth-order valence-corrected chi connectivity index (χ4v) is 3.78. The van der Waals surface area contributed by atoms with Gasteiger partial charge in [0.2, 0.25) is 0 Å². The summed E-state index contributed by atoms with van der Waals surface area (Å²) in [5.41, 5.74) is 2.71. The van der Waals surface area contributed by atoms with Gasteiger partial charge in [-0.3, -0.25) is 19.6 Å². The number of Topliss-reactive ketones (excluding diaryl/α,β-unsaturated/α-hetero) is 1. The summed E-state index contributed by atoms with van der Waals surface area (Å²) in [7, 11) is 1.49. The van der Waals surface area contributed by atoms with Gasteiger partial charge in [0.05, 0.1) is 24.3 Å². The van der Waals surface area contributed by atoms with Crippen LogP contribution in [0.5, 0.6) is 5.75 Å². The highest BCUT2D eigenvalue weighted by Crippen LogP contribution is 2.41. The summed E-state index contributed by atoms with van der Waals surface area (Å²) in [6, 6.07) is 11.6. The van der Waals surface area contributed by atoms with E-state index in [1.165, 1.54) is 12.0 Å². The van der Waals surface area contributed by atoms with Crippen LogP contribution in [0.4, 0.5) is 0 Å². The molecule has 2 aromatic heterocycles. The normalized spacial score (nSPS) is 17.7. The topological polar surface area (TPSA) is 92.6 Å². The standard InChI is InChI=1S/C24H21N3O4/c1-15-5-6-19(31-2)18(12-15)22(28)20-21(17-7-10-25-11-8-17)27(24(30)23(20)29)14-16-4-3-9-26-13-16/h3-13,21,28H,14H2,1-2H3/b22-20+. The molecule has 0 spiro atoms. The zero-order valence-corrected chi connectivity index (χ0v) is 17.1. The van der Waals surface area contributed by atoms with E-state index in [0.29, 0.717) is 16.9 Å². The first-order valence-corrected chi connectivity index (χ1v) is 9.73. The van der Waals surface area contributed by atoms with Gasteiger partial charge in [-0.05, 0) is 48.4 Å². The number of hydrogen-bond donors (Lipinski definition) is 1. The second-order valence-electron chi connectivity index (χ2n) is 7.27. The van der Waals surface area contributed by atoms with Crippen molar-refractivity contribution >= 4 is 17.4 Å². The van der Waals surface area contributed by atoms with Crippen LogP contribution in [-0.4, -0.2) is 38.8 Å². The van der Waals surface area contributed by atoms with Crippen LogP contribution >= 0.6 is 0 Å². The molecule has 3 aromatic rings. The Bertz CT molecular complexity index is 1160. The third kappa shape index (κ3) is 3.77. The maximum atomic E-state index is 13.1. The number of ketones is 1. The van der Waals surface area contributed by atoms with Crippen LogP contribution < -0.4 is 4.74 Å². The maximum Gasteiger partial charge on any atom is 0.295 e. The van der Waals surface area contributed by atoms with Crippen LogP contribution in [0.1, 0.15) is 28.3 Å². The Kier molecular flexibility index (Phi) is 5.49. The van der Waals surface area contributed by atoms with E-state index >= 15 is 0 Å². The summed E-state index contributed by atoms with van der Waals surface area (Å²) < 4.78 is 5.38. The zero-order chi connectivity index (χ0) is 22.0. The van der Waals surface area contributed by atoms with E-state index in [9.17, 15) is 14.7 Å². The lowest BCUT2D eigenvalue weighted by molar-refractivity contribution is -0.140. The van der Waals surface area contributed by atoms with Gasteiger partial charge in [-0.25, -0.2) is 0 Å². The molecule has 1 fully saturated rings. The molecule has 1 unspecified atom stereocenters. The number of aliphatic hydroxyl groups is 1. The highest BCUT2D eigenvalue weighted by Gasteiger charge is 2.46. The summed E-state index contributed by atoms with van der Waals surface area (Å²) >= 11 is 0. The predicted octanol–water partition coefficient (Wildman–Crippen LogP) is 3.42. The highest BCUT2D eigenvalue weighted by atomic mass is 16.5. The van der Waals surface area contributed by atoms with Gasteiger partial charge in [0.25, 0.3) is 11.7 Å². The molecular formula is C24H21N3O4. The Morgan fingerprint density at radius 3 is 2.55 bits per heavy atom. The van der Waals surface area contributed by atoms with Gasteiger partial charge in [-0.1, -0.05) is 17.7 Å². The maximum absolute atomic E-state index is 13.1. The van der Waals surface area contributed by atoms with Gasteiger partial charge in [-0.2, -0.15) is 0 Å². The number of hydrogen-bond acceptors (Lipinski definition) is 6. The number of amides is 1. The van der Waals surface area contributed by atoms with Gasteiger partial charge >= 0.3 is 0 Å². The number of aliphatic hydroxyl groups excluding tert-OH is 1. The van der Waals surface area contributed by atoms with E-state index in [2.05, 4.69) is 9.97 Å². The molecule has 156 valence electrons. The largest absolute Gasteiger partial charge is 0.507 e. The number of carbonyl (C=O) groups excluding carboxylic acids is 2. The first-order chi connectivity index (χ1) is 15.0. The van der Waals surface area contributed by atoms with Crippen molar-refractivity contribution in [1.29, 1.82) is 0 Å². The van der Waals surface area contributed by atoms with E-state index in [4.69, 9.17) is 4.74 Å². The van der Waals surface area contributed by atoms with E-state index in [-0.39, 0.29) is 17.9 Å². The van der Waals surface area contributed by atoms with Crippen molar-refractivity contribution in [3.8, 4) is 5.75 Å². The SMILES string of the molecule is COc1ccc(C)cc1/C(O)=C1\C(=O)C(=O)N(Cc2cccnc2)C1c1ccncc1. The van der Waals surface area contributed by atoms with Crippen molar-refractivity contribution in [3.63, 3.8) is 0 Å². The molecule has 1 atom stereocenters. The molecule has 0 bridgehead atoms. The summed E-state index contributed by atoms with van der Waals surface area (Å²) in [5.74, 6) is -1.28. The third-order valence-corrected chi connectivity index (χ3v) is 5.25. The molecule has 1 aliphatic heterocycles. The first kappa shape index (κ1) is 20.3. The van der Waals surface area contributed by atoms with Crippen molar-refractivity contribution in [1.82, 2.24) is 14.9 Å². The predicted molar refractivity (Wildman–Crippen MR) is 114 cm³/mol. The van der Waals surface area contributed by atoms with Crippen LogP contribution in [0.15, 0.2) is 72.8 Å². The molecule has 3 heterocycles. The number of pyridine rings is 2. The van der Waals surface area contributed by atoms with Crippen molar-refractivity contribution in [3.05, 3.63) is 95.1 Å². The van der Waals surface area contributed by atoms with Crippen LogP contribution in [0.3, 0.4) is 0 Å². The van der Waals surface area contributed by atoms with Crippen molar-refractivity contribution in [2.45, 2.75) is 19.5 Å². The summed E-state index contributed by atoms with van der Waals surface area (Å²) in [4.78, 5) is 35.7. The van der Waals surface area contributed by atoms with Gasteiger partial charge in [0.1, 0.15) is 11.5 Å². The second-order valence-corrected chi connectivity index (χ2v) is 7.27. The number of carbonyl (C=O) groups is 2. The molecule has 1 aliphatic rings. The average molecular weight is 415 g/mol. The minimum absolute atomic E-state index is 0.0176. The summed E-state index contributed by atoms with van der Waals surface area (Å²) in [6.45, 7) is 2.05. The molecule has 31 heavy (non-hydrogen) atoms. The Hall–Kier alpha value is -4.00. The lowest BCUT2D eigenvalue weighted by Crippen LogP contribution is -2.29. The minimum atomic E-state index is -0.770. The number of ether oxygens (including phenoxy) is 1. The number of benzene rings is 1. The molecule has 1 aromatic carbocycles. The Morgan fingerprint density at radius 1 is 1.10 bits per heavy atom. The van der Waals surface area contributed by atoms with E-state index in [1.807, 2.05) is 19.1 Å².